The lowest BCUT2D eigenvalue weighted by molar-refractivity contribution is -0.0201. The fourth-order valence-corrected chi connectivity index (χ4v) is 2.90. The summed E-state index contributed by atoms with van der Waals surface area (Å²) >= 11 is 6.18. The smallest absolute Gasteiger partial charge is 0.191 e. The van der Waals surface area contributed by atoms with Crippen molar-refractivity contribution in [2.45, 2.75) is 26.0 Å². The second-order valence-corrected chi connectivity index (χ2v) is 6.93. The fourth-order valence-electron chi connectivity index (χ4n) is 2.70. The minimum absolute atomic E-state index is 0. The standard InChI is InChI=1S/C18H29ClN4O2.HI/c1-3-20-17(21-12-15-6-4-5-7-16(15)19)22-13-18(2,24)14-23-8-10-25-11-9-23;/h4-7,24H,3,8-14H2,1-2H3,(H2,20,21,22);1H. The minimum atomic E-state index is -0.849. The highest BCUT2D eigenvalue weighted by atomic mass is 127. The predicted octanol–water partition coefficient (Wildman–Crippen LogP) is 2.10. The van der Waals surface area contributed by atoms with Crippen molar-refractivity contribution in [1.82, 2.24) is 15.5 Å². The lowest BCUT2D eigenvalue weighted by atomic mass is 10.1. The van der Waals surface area contributed by atoms with Crippen LogP contribution in [0.25, 0.3) is 0 Å². The third-order valence-electron chi connectivity index (χ3n) is 4.01. The van der Waals surface area contributed by atoms with E-state index in [4.69, 9.17) is 16.3 Å². The van der Waals surface area contributed by atoms with Gasteiger partial charge in [0.25, 0.3) is 0 Å². The van der Waals surface area contributed by atoms with E-state index in [0.717, 1.165) is 38.4 Å². The van der Waals surface area contributed by atoms with Crippen molar-refractivity contribution in [3.05, 3.63) is 34.9 Å². The van der Waals surface area contributed by atoms with Gasteiger partial charge in [0, 0.05) is 37.7 Å². The van der Waals surface area contributed by atoms with Gasteiger partial charge in [0.15, 0.2) is 5.96 Å². The van der Waals surface area contributed by atoms with Crippen molar-refractivity contribution in [2.75, 3.05) is 45.9 Å². The second kappa shape index (κ2) is 12.0. The first-order valence-corrected chi connectivity index (χ1v) is 9.16. The first kappa shape index (κ1) is 23.4. The van der Waals surface area contributed by atoms with Gasteiger partial charge in [-0.1, -0.05) is 29.8 Å². The number of nitrogens with one attached hydrogen (secondary N) is 2. The number of aliphatic imine (C=N–C) groups is 1. The summed E-state index contributed by atoms with van der Waals surface area (Å²) in [6.45, 7) is 9.28. The highest BCUT2D eigenvalue weighted by Crippen LogP contribution is 2.15. The molecule has 1 heterocycles. The Labute approximate surface area is 178 Å². The number of hydrogen-bond acceptors (Lipinski definition) is 4. The predicted molar refractivity (Wildman–Crippen MR) is 118 cm³/mol. The summed E-state index contributed by atoms with van der Waals surface area (Å²) < 4.78 is 5.35. The van der Waals surface area contributed by atoms with Gasteiger partial charge in [0.05, 0.1) is 25.4 Å². The Kier molecular flexibility index (Phi) is 10.8. The Morgan fingerprint density at radius 3 is 2.65 bits per heavy atom. The summed E-state index contributed by atoms with van der Waals surface area (Å²) in [6, 6.07) is 7.68. The van der Waals surface area contributed by atoms with Gasteiger partial charge >= 0.3 is 0 Å². The zero-order chi connectivity index (χ0) is 18.1. The number of nitrogens with zero attached hydrogens (tertiary/aromatic N) is 2. The van der Waals surface area contributed by atoms with E-state index in [0.29, 0.717) is 30.6 Å². The van der Waals surface area contributed by atoms with Crippen molar-refractivity contribution in [1.29, 1.82) is 0 Å². The second-order valence-electron chi connectivity index (χ2n) is 6.53. The number of guanidine groups is 1. The summed E-state index contributed by atoms with van der Waals surface area (Å²) in [7, 11) is 0. The number of hydrogen-bond donors (Lipinski definition) is 3. The zero-order valence-electron chi connectivity index (χ0n) is 15.5. The molecule has 0 aliphatic carbocycles. The van der Waals surface area contributed by atoms with E-state index in [1.807, 2.05) is 38.1 Å². The molecule has 0 bridgehead atoms. The molecule has 8 heteroatoms. The van der Waals surface area contributed by atoms with Crippen LogP contribution < -0.4 is 10.6 Å². The number of rotatable bonds is 7. The average molecular weight is 497 g/mol. The quantitative estimate of drug-likeness (QED) is 0.306. The molecule has 6 nitrogen and oxygen atoms in total. The topological polar surface area (TPSA) is 69.1 Å². The van der Waals surface area contributed by atoms with Crippen LogP contribution in [-0.2, 0) is 11.3 Å². The van der Waals surface area contributed by atoms with E-state index in [1.54, 1.807) is 0 Å². The number of morpholine rings is 1. The number of β-amino-alcohol motifs (C(OH)–C–C–N with tert-alkyl or cyclic N) is 1. The normalized spacial score (nSPS) is 17.9. The summed E-state index contributed by atoms with van der Waals surface area (Å²) in [4.78, 5) is 6.78. The molecule has 148 valence electrons. The van der Waals surface area contributed by atoms with E-state index in [9.17, 15) is 5.11 Å². The number of benzene rings is 1. The van der Waals surface area contributed by atoms with Gasteiger partial charge in [0.2, 0.25) is 0 Å². The molecule has 1 aliphatic heterocycles. The van der Waals surface area contributed by atoms with Crippen molar-refractivity contribution in [3.8, 4) is 0 Å². The monoisotopic (exact) mass is 496 g/mol. The van der Waals surface area contributed by atoms with Crippen LogP contribution in [0.1, 0.15) is 19.4 Å². The van der Waals surface area contributed by atoms with E-state index in [-0.39, 0.29) is 24.0 Å². The number of aliphatic hydroxyl groups is 1. The van der Waals surface area contributed by atoms with Gasteiger partial charge in [-0.2, -0.15) is 0 Å². The summed E-state index contributed by atoms with van der Waals surface area (Å²) in [5.41, 5.74) is 0.124. The molecule has 0 amide bonds. The molecule has 1 aliphatic rings. The molecular formula is C18H30ClIN4O2. The number of halogens is 2. The van der Waals surface area contributed by atoms with E-state index >= 15 is 0 Å². The lowest BCUT2D eigenvalue weighted by Gasteiger charge is -2.34. The van der Waals surface area contributed by atoms with Crippen LogP contribution in [0.2, 0.25) is 5.02 Å². The Morgan fingerprint density at radius 2 is 2.00 bits per heavy atom. The van der Waals surface area contributed by atoms with E-state index in [2.05, 4.69) is 20.5 Å². The van der Waals surface area contributed by atoms with Crippen LogP contribution in [0.3, 0.4) is 0 Å². The van der Waals surface area contributed by atoms with Crippen LogP contribution in [0.15, 0.2) is 29.3 Å². The van der Waals surface area contributed by atoms with Crippen molar-refractivity contribution in [2.24, 2.45) is 4.99 Å². The molecular weight excluding hydrogens is 467 g/mol. The molecule has 0 saturated carbocycles. The van der Waals surface area contributed by atoms with E-state index < -0.39 is 5.60 Å². The Bertz CT molecular complexity index is 566. The SMILES string of the molecule is CCNC(=NCc1ccccc1Cl)NCC(C)(O)CN1CCOCC1.I. The molecule has 0 aromatic heterocycles. The zero-order valence-corrected chi connectivity index (χ0v) is 18.6. The summed E-state index contributed by atoms with van der Waals surface area (Å²) in [5.74, 6) is 0.671. The van der Waals surface area contributed by atoms with Crippen molar-refractivity contribution >= 4 is 41.5 Å². The molecule has 3 N–H and O–H groups in total. The fraction of sp³-hybridized carbons (Fsp3) is 0.611. The molecule has 0 radical (unpaired) electrons. The first-order valence-electron chi connectivity index (χ1n) is 8.78. The maximum atomic E-state index is 10.7. The summed E-state index contributed by atoms with van der Waals surface area (Å²) in [6.07, 6.45) is 0. The van der Waals surface area contributed by atoms with Crippen LogP contribution in [0, 0.1) is 0 Å². The molecule has 1 atom stereocenters. The molecule has 1 fully saturated rings. The van der Waals surface area contributed by atoms with Gasteiger partial charge < -0.3 is 20.5 Å². The van der Waals surface area contributed by atoms with Crippen molar-refractivity contribution in [3.63, 3.8) is 0 Å². The summed E-state index contributed by atoms with van der Waals surface area (Å²) in [5, 5.41) is 17.8. The van der Waals surface area contributed by atoms with Gasteiger partial charge in [0.1, 0.15) is 0 Å². The van der Waals surface area contributed by atoms with Crippen LogP contribution in [-0.4, -0.2) is 67.5 Å². The molecule has 0 spiro atoms. The molecule has 1 aromatic rings. The largest absolute Gasteiger partial charge is 0.387 e. The third kappa shape index (κ3) is 8.39. The average Bonchev–Trinajstić information content (AvgIpc) is 2.59. The molecule has 1 saturated heterocycles. The van der Waals surface area contributed by atoms with Gasteiger partial charge in [-0.15, -0.1) is 24.0 Å². The Balaban J connectivity index is 0.00000338. The maximum absolute atomic E-state index is 10.7. The Morgan fingerprint density at radius 1 is 1.31 bits per heavy atom. The van der Waals surface area contributed by atoms with E-state index in [1.165, 1.54) is 0 Å². The highest BCUT2D eigenvalue weighted by Gasteiger charge is 2.25. The van der Waals surface area contributed by atoms with Crippen molar-refractivity contribution < 1.29 is 9.84 Å². The van der Waals surface area contributed by atoms with Gasteiger partial charge in [-0.25, -0.2) is 4.99 Å². The molecule has 2 rings (SSSR count). The highest BCUT2D eigenvalue weighted by molar-refractivity contribution is 14.0. The maximum Gasteiger partial charge on any atom is 0.191 e. The van der Waals surface area contributed by atoms with Gasteiger partial charge in [-0.3, -0.25) is 4.90 Å². The third-order valence-corrected chi connectivity index (χ3v) is 4.38. The number of ether oxygens (including phenoxy) is 1. The lowest BCUT2D eigenvalue weighted by Crippen LogP contribution is -2.52. The van der Waals surface area contributed by atoms with Crippen LogP contribution >= 0.6 is 35.6 Å². The molecule has 1 unspecified atom stereocenters. The Hall–Kier alpha value is -0.610. The minimum Gasteiger partial charge on any atom is -0.387 e. The molecule has 26 heavy (non-hydrogen) atoms. The van der Waals surface area contributed by atoms with Crippen LogP contribution in [0.5, 0.6) is 0 Å². The molecule has 1 aromatic carbocycles. The first-order chi connectivity index (χ1) is 12.0. The van der Waals surface area contributed by atoms with Crippen LogP contribution in [0.4, 0.5) is 0 Å². The van der Waals surface area contributed by atoms with Gasteiger partial charge in [-0.05, 0) is 25.5 Å².